The smallest absolute Gasteiger partial charge is 0.318 e. The number of halogens is 1. The number of carbonyl (C=O) groups is 1. The molecular weight excluding hydrogens is 457 g/mol. The Labute approximate surface area is 211 Å². The highest BCUT2D eigenvalue weighted by molar-refractivity contribution is 5.86. The Bertz CT molecular complexity index is 1240. The quantitative estimate of drug-likeness (QED) is 0.466. The van der Waals surface area contributed by atoms with Crippen LogP contribution in [0.15, 0.2) is 65.1 Å². The first-order valence-corrected chi connectivity index (χ1v) is 12.2. The van der Waals surface area contributed by atoms with Crippen LogP contribution in [0.3, 0.4) is 0 Å². The van der Waals surface area contributed by atoms with Gasteiger partial charge in [-0.3, -0.25) is 4.79 Å². The van der Waals surface area contributed by atoms with Crippen molar-refractivity contribution in [1.29, 1.82) is 0 Å². The number of amides is 1. The first-order valence-electron chi connectivity index (χ1n) is 12.2. The highest BCUT2D eigenvalue weighted by Gasteiger charge is 2.24. The molecule has 1 aliphatic heterocycles. The largest absolute Gasteiger partial charge is 0.408 e. The normalized spacial score (nSPS) is 14.8. The molecule has 0 unspecified atom stereocenters. The summed E-state index contributed by atoms with van der Waals surface area (Å²) in [6.45, 7) is 8.22. The Kier molecular flexibility index (Phi) is 8.15. The van der Waals surface area contributed by atoms with Crippen molar-refractivity contribution in [2.75, 3.05) is 37.6 Å². The summed E-state index contributed by atoms with van der Waals surface area (Å²) in [5.74, 6) is 0.331. The van der Waals surface area contributed by atoms with Gasteiger partial charge in [-0.2, -0.15) is 0 Å². The fraction of sp³-hybridized carbons (Fsp3) is 0.321. The van der Waals surface area contributed by atoms with E-state index in [1.165, 1.54) is 6.07 Å². The van der Waals surface area contributed by atoms with Crippen LogP contribution in [0, 0.1) is 19.7 Å². The van der Waals surface area contributed by atoms with E-state index in [9.17, 15) is 9.18 Å². The van der Waals surface area contributed by atoms with Crippen molar-refractivity contribution in [2.24, 2.45) is 0 Å². The van der Waals surface area contributed by atoms with Crippen LogP contribution >= 0.6 is 0 Å². The predicted molar refractivity (Wildman–Crippen MR) is 140 cm³/mol. The fourth-order valence-electron chi connectivity index (χ4n) is 4.16. The molecule has 1 amide bonds. The lowest BCUT2D eigenvalue weighted by atomic mass is 9.99. The summed E-state index contributed by atoms with van der Waals surface area (Å²) < 4.78 is 19.4. The number of aromatic nitrogens is 2. The molecule has 36 heavy (non-hydrogen) atoms. The maximum absolute atomic E-state index is 13.9. The second-order valence-electron chi connectivity index (χ2n) is 8.78. The highest BCUT2D eigenvalue weighted by Crippen LogP contribution is 2.24. The van der Waals surface area contributed by atoms with Crippen LogP contribution in [0.5, 0.6) is 0 Å². The van der Waals surface area contributed by atoms with E-state index in [1.54, 1.807) is 19.9 Å². The monoisotopic (exact) mass is 489 g/mol. The molecule has 0 spiro atoms. The Morgan fingerprint density at radius 3 is 2.44 bits per heavy atom. The summed E-state index contributed by atoms with van der Waals surface area (Å²) in [7, 11) is 0. The second-order valence-corrected chi connectivity index (χ2v) is 8.78. The van der Waals surface area contributed by atoms with Gasteiger partial charge < -0.3 is 19.5 Å². The number of anilines is 1. The number of piperazine rings is 1. The number of rotatable bonds is 8. The molecule has 4 rings (SSSR count). The van der Waals surface area contributed by atoms with Crippen molar-refractivity contribution in [3.8, 4) is 0 Å². The molecule has 188 valence electrons. The number of nitrogens with one attached hydrogen (secondary N) is 1. The number of allylic oxidation sites excluding steroid dienone is 3. The molecule has 0 atom stereocenters. The minimum Gasteiger partial charge on any atom is -0.408 e. The maximum Gasteiger partial charge on any atom is 0.318 e. The Morgan fingerprint density at radius 2 is 1.81 bits per heavy atom. The molecule has 0 radical (unpaired) electrons. The number of hydrogen-bond acceptors (Lipinski definition) is 6. The molecule has 1 saturated heterocycles. The molecule has 0 saturated carbocycles. The number of benzene rings is 2. The Balaban J connectivity index is 1.48. The van der Waals surface area contributed by atoms with Gasteiger partial charge in [0.2, 0.25) is 11.8 Å². The molecule has 1 N–H and O–H groups in total. The molecule has 8 heteroatoms. The van der Waals surface area contributed by atoms with E-state index in [0.29, 0.717) is 43.6 Å². The average molecular weight is 490 g/mol. The Morgan fingerprint density at radius 1 is 1.06 bits per heavy atom. The lowest BCUT2D eigenvalue weighted by Crippen LogP contribution is -2.50. The molecule has 2 aromatic carbocycles. The van der Waals surface area contributed by atoms with Crippen LogP contribution in [0.1, 0.15) is 35.9 Å². The minimum absolute atomic E-state index is 0.0249. The third kappa shape index (κ3) is 6.19. The SMILES string of the molecule is CC/C=C(\C=C(/NCC(=O)N1CCN(c2nnc(C)o2)CC1)c1ccccc1)c1ccc(F)c(C)c1. The Hall–Kier alpha value is -3.94. The van der Waals surface area contributed by atoms with Gasteiger partial charge in [0.15, 0.2) is 0 Å². The van der Waals surface area contributed by atoms with Crippen molar-refractivity contribution in [2.45, 2.75) is 27.2 Å². The van der Waals surface area contributed by atoms with Gasteiger partial charge in [0.1, 0.15) is 5.82 Å². The molecule has 0 bridgehead atoms. The zero-order chi connectivity index (χ0) is 25.5. The van der Waals surface area contributed by atoms with Crippen LogP contribution in [0.4, 0.5) is 10.4 Å². The summed E-state index contributed by atoms with van der Waals surface area (Å²) in [4.78, 5) is 16.9. The van der Waals surface area contributed by atoms with Crippen LogP contribution in [-0.2, 0) is 4.79 Å². The molecular formula is C28H32FN5O2. The summed E-state index contributed by atoms with van der Waals surface area (Å²) in [6.07, 6.45) is 4.97. The van der Waals surface area contributed by atoms with Crippen LogP contribution < -0.4 is 10.2 Å². The fourth-order valence-corrected chi connectivity index (χ4v) is 4.16. The first-order chi connectivity index (χ1) is 17.4. The summed E-state index contributed by atoms with van der Waals surface area (Å²) in [5, 5.41) is 11.3. The molecule has 0 aliphatic carbocycles. The van der Waals surface area contributed by atoms with Crippen LogP contribution in [0.25, 0.3) is 11.3 Å². The van der Waals surface area contributed by atoms with Gasteiger partial charge in [0.25, 0.3) is 0 Å². The summed E-state index contributed by atoms with van der Waals surface area (Å²) in [6, 6.07) is 15.6. The molecule has 3 aromatic rings. The van der Waals surface area contributed by atoms with E-state index in [2.05, 4.69) is 28.5 Å². The van der Waals surface area contributed by atoms with E-state index >= 15 is 0 Å². The van der Waals surface area contributed by atoms with Gasteiger partial charge >= 0.3 is 6.01 Å². The third-order valence-electron chi connectivity index (χ3n) is 6.15. The molecule has 1 aliphatic rings. The van der Waals surface area contributed by atoms with Crippen LogP contribution in [0.2, 0.25) is 0 Å². The van der Waals surface area contributed by atoms with Crippen molar-refractivity contribution in [1.82, 2.24) is 20.4 Å². The molecule has 1 fully saturated rings. The lowest BCUT2D eigenvalue weighted by molar-refractivity contribution is -0.130. The van der Waals surface area contributed by atoms with E-state index in [0.717, 1.165) is 28.8 Å². The van der Waals surface area contributed by atoms with E-state index in [-0.39, 0.29) is 18.3 Å². The van der Waals surface area contributed by atoms with Gasteiger partial charge in [-0.05, 0) is 53.8 Å². The van der Waals surface area contributed by atoms with Gasteiger partial charge in [0.05, 0.1) is 6.54 Å². The number of hydrogen-bond donors (Lipinski definition) is 1. The van der Waals surface area contributed by atoms with Crippen LogP contribution in [-0.4, -0.2) is 53.7 Å². The maximum atomic E-state index is 13.9. The zero-order valence-corrected chi connectivity index (χ0v) is 21.0. The second kappa shape index (κ2) is 11.7. The van der Waals surface area contributed by atoms with Crippen molar-refractivity contribution >= 4 is 23.2 Å². The summed E-state index contributed by atoms with van der Waals surface area (Å²) in [5.41, 5.74) is 4.32. The molecule has 1 aromatic heterocycles. The molecule has 7 nitrogen and oxygen atoms in total. The summed E-state index contributed by atoms with van der Waals surface area (Å²) >= 11 is 0. The van der Waals surface area contributed by atoms with Gasteiger partial charge in [0, 0.05) is 38.8 Å². The topological polar surface area (TPSA) is 74.5 Å². The zero-order valence-electron chi connectivity index (χ0n) is 21.0. The van der Waals surface area contributed by atoms with E-state index in [1.807, 2.05) is 52.3 Å². The highest BCUT2D eigenvalue weighted by atomic mass is 19.1. The van der Waals surface area contributed by atoms with Crippen molar-refractivity contribution in [3.63, 3.8) is 0 Å². The molecule has 2 heterocycles. The standard InChI is InChI=1S/C28H32FN5O2/c1-4-8-23(24-11-12-25(29)20(2)17-24)18-26(22-9-6-5-7-10-22)30-19-27(35)33-13-15-34(16-14-33)28-32-31-21(3)36-28/h5-12,17-18,30H,4,13-16,19H2,1-3H3/b23-8+,26-18-. The van der Waals surface area contributed by atoms with E-state index < -0.39 is 0 Å². The number of carbonyl (C=O) groups excluding carboxylic acids is 1. The van der Waals surface area contributed by atoms with Crippen molar-refractivity contribution in [3.05, 3.63) is 89.1 Å². The third-order valence-corrected chi connectivity index (χ3v) is 6.15. The van der Waals surface area contributed by atoms with E-state index in [4.69, 9.17) is 4.42 Å². The predicted octanol–water partition coefficient (Wildman–Crippen LogP) is 4.60. The number of aryl methyl sites for hydroxylation is 2. The van der Waals surface area contributed by atoms with Gasteiger partial charge in [-0.1, -0.05) is 54.5 Å². The average Bonchev–Trinajstić information content (AvgIpc) is 3.34. The number of nitrogens with zero attached hydrogens (tertiary/aromatic N) is 4. The van der Waals surface area contributed by atoms with Crippen molar-refractivity contribution < 1.29 is 13.6 Å². The van der Waals surface area contributed by atoms with Gasteiger partial charge in [-0.25, -0.2) is 4.39 Å². The van der Waals surface area contributed by atoms with Gasteiger partial charge in [-0.15, -0.1) is 5.10 Å². The lowest BCUT2D eigenvalue weighted by Gasteiger charge is -2.33. The first kappa shape index (κ1) is 25.2. The minimum atomic E-state index is -0.222.